The minimum absolute atomic E-state index is 0.00601. The Hall–Kier alpha value is -13.2. The summed E-state index contributed by atoms with van der Waals surface area (Å²) in [5, 5.41) is 71.4. The van der Waals surface area contributed by atoms with E-state index in [-0.39, 0.29) is 98.5 Å². The smallest absolute Gasteiger partial charge is 0.293 e. The van der Waals surface area contributed by atoms with E-state index in [2.05, 4.69) is 120 Å². The Bertz CT molecular complexity index is 6090. The molecule has 42 nitrogen and oxygen atoms in total. The zero-order valence-corrected chi connectivity index (χ0v) is 73.5. The van der Waals surface area contributed by atoms with Crippen LogP contribution in [-0.4, -0.2) is 187 Å². The van der Waals surface area contributed by atoms with Crippen molar-refractivity contribution >= 4 is 205 Å². The van der Waals surface area contributed by atoms with Gasteiger partial charge in [0.15, 0.2) is 24.1 Å². The molecule has 0 bridgehead atoms. The summed E-state index contributed by atoms with van der Waals surface area (Å²) in [6, 6.07) is 20.0. The number of aliphatic hydroxyl groups excluding tert-OH is 5. The van der Waals surface area contributed by atoms with E-state index >= 15 is 0 Å². The quantitative estimate of drug-likeness (QED) is 0.0155. The van der Waals surface area contributed by atoms with Crippen molar-refractivity contribution in [2.24, 2.45) is 42.9 Å². The highest BCUT2D eigenvalue weighted by Crippen LogP contribution is 2.32. The van der Waals surface area contributed by atoms with E-state index in [1.54, 1.807) is 81.4 Å². The van der Waals surface area contributed by atoms with Crippen molar-refractivity contribution in [2.75, 3.05) is 75.5 Å². The van der Waals surface area contributed by atoms with Gasteiger partial charge in [-0.25, -0.2) is 49.9 Å². The summed E-state index contributed by atoms with van der Waals surface area (Å²) in [4.78, 5) is 147. The van der Waals surface area contributed by atoms with E-state index in [0.29, 0.717) is 91.9 Å². The van der Waals surface area contributed by atoms with Crippen LogP contribution in [0.2, 0.25) is 20.1 Å². The van der Waals surface area contributed by atoms with Crippen LogP contribution in [0, 0.1) is 27.7 Å². The molecule has 4 atom stereocenters. The molecule has 0 saturated carbocycles. The molecule has 10 aromatic heterocycles. The predicted molar refractivity (Wildman–Crippen MR) is 492 cm³/mol. The predicted octanol–water partition coefficient (Wildman–Crippen LogP) is 8.13. The molecule has 13 rings (SSSR count). The van der Waals surface area contributed by atoms with E-state index in [0.717, 1.165) is 83.1 Å². The highest BCUT2D eigenvalue weighted by Gasteiger charge is 2.25. The molecule has 0 aliphatic carbocycles. The molecule has 4 unspecified atom stereocenters. The van der Waals surface area contributed by atoms with Crippen LogP contribution in [0.4, 0.5) is 65.8 Å². The Morgan fingerprint density at radius 1 is 0.472 bits per heavy atom. The maximum atomic E-state index is 12.5. The van der Waals surface area contributed by atoms with Crippen LogP contribution in [0.5, 0.6) is 0 Å². The lowest BCUT2D eigenvalue weighted by atomic mass is 10.2. The summed E-state index contributed by atoms with van der Waals surface area (Å²) < 4.78 is 15.9. The molecule has 1 fully saturated rings. The van der Waals surface area contributed by atoms with Gasteiger partial charge < -0.3 is 95.7 Å². The van der Waals surface area contributed by atoms with Gasteiger partial charge in [-0.1, -0.05) is 70.7 Å². The number of ether oxygens (including phenoxy) is 1. The van der Waals surface area contributed by atoms with Crippen LogP contribution in [0.25, 0.3) is 0 Å². The van der Waals surface area contributed by atoms with Gasteiger partial charge >= 0.3 is 0 Å². The van der Waals surface area contributed by atoms with Gasteiger partial charge in [0.05, 0.1) is 123 Å². The van der Waals surface area contributed by atoms with Gasteiger partial charge in [-0.05, 0) is 171 Å². The number of nitrogens with one attached hydrogen (secondary N) is 12. The number of aromatic amines is 4. The van der Waals surface area contributed by atoms with Gasteiger partial charge in [-0.3, -0.25) is 65.8 Å². The van der Waals surface area contributed by atoms with Gasteiger partial charge in [-0.15, -0.1) is 0 Å². The first-order chi connectivity index (χ1) is 60.8. The normalized spacial score (nSPS) is 13.4. The fourth-order valence-electron chi connectivity index (χ4n) is 11.2. The third-order valence-corrected chi connectivity index (χ3v) is 21.8. The molecule has 1 aliphatic rings. The first-order valence-electron chi connectivity index (χ1n) is 37.4. The summed E-state index contributed by atoms with van der Waals surface area (Å²) in [5.74, 6) is -1.93. The van der Waals surface area contributed by atoms with Crippen LogP contribution in [-0.2, 0) is 4.74 Å². The van der Waals surface area contributed by atoms with Crippen molar-refractivity contribution in [3.05, 3.63) is 251 Å². The highest BCUT2D eigenvalue weighted by atomic mass is 35.5. The fourth-order valence-corrected chi connectivity index (χ4v) is 15.1. The standard InChI is InChI=1S/C22H24ClN7O3S.C19H20ClN7O3S.2C18H18ClN7O4S/c1-12-4-2-6-15(23)17(12)29-21(32)19-26-10-13(11-27-19)28-22-16(20(31)30-34-22)18(24)25-8-7-14-5-3-9-33-14;1-9-6-11(7-23-14(9)18(30)26-16-12(20)4-3-5-22-16)25-19-13(17(29)27-31-19)15(21)24-10(2)8-28;1-8-5-9(6-22-13(8)17(30)25-15-10(19)3-2-4-21-15)23-18-12(16(29)26-31-18)14(20)24-11(28)7-27;1-8-3-2-4-10(19)13(8)25-17(30)15-21-5-9(6-22-15)23-18-12(16(29)26-31-18)14(20)24-11(28)7-27/h2,4,6,10-11,14,28H,3,5,7-9H2,1H3,(H2,24,25)(H,29,32)(H,30,31);3-7,10,25,28H,8H2,1-2H3,(H2,21,24)(H,27,29)(H,22,26,30);2-6,11,23,27-28H,7H2,1H3,(H2,20,24)(H,26,29)(H,21,25,30);2-6,11,23,27-28H,7H2,1H3,(H2,20,24)(H,25,30)(H,26,29). The minimum Gasteiger partial charge on any atom is -0.394 e. The fraction of sp³-hybridized carbons (Fsp3) is 0.221. The number of nitrogens with zero attached hydrogens (tertiary/aromatic N) is 12. The first-order valence-corrected chi connectivity index (χ1v) is 42.2. The van der Waals surface area contributed by atoms with E-state index in [4.69, 9.17) is 89.4 Å². The molecule has 25 N–H and O–H groups in total. The second kappa shape index (κ2) is 45.6. The largest absolute Gasteiger partial charge is 0.394 e. The topological polar surface area (TPSA) is 663 Å². The van der Waals surface area contributed by atoms with Crippen molar-refractivity contribution in [3.8, 4) is 0 Å². The third-order valence-electron chi connectivity index (χ3n) is 17.3. The average molecular weight is 1890 g/mol. The Kier molecular flexibility index (Phi) is 34.5. The Morgan fingerprint density at radius 3 is 1.18 bits per heavy atom. The lowest BCUT2D eigenvalue weighted by Crippen LogP contribution is -2.25. The monoisotopic (exact) mass is 1890 g/mol. The number of aromatic nitrogens is 12. The molecule has 127 heavy (non-hydrogen) atoms. The molecule has 11 heterocycles. The van der Waals surface area contributed by atoms with Crippen molar-refractivity contribution in [1.29, 1.82) is 0 Å². The number of rotatable bonds is 29. The Balaban J connectivity index is 0.000000177. The number of para-hydroxylation sites is 2. The van der Waals surface area contributed by atoms with Crippen molar-refractivity contribution in [2.45, 2.75) is 78.5 Å². The zero-order chi connectivity index (χ0) is 91.7. The number of aryl methyl sites for hydroxylation is 4. The number of H-pyrrole nitrogens is 4. The molecule has 1 saturated heterocycles. The van der Waals surface area contributed by atoms with Crippen LogP contribution >= 0.6 is 92.5 Å². The molecule has 4 amide bonds. The number of aliphatic imine (C=N–C) groups is 4. The number of nitrogens with two attached hydrogens (primary N) is 4. The summed E-state index contributed by atoms with van der Waals surface area (Å²) in [6.45, 7) is 8.54. The molecule has 12 aromatic rings. The second-order valence-electron chi connectivity index (χ2n) is 26.8. The van der Waals surface area contributed by atoms with Gasteiger partial charge in [-0.2, -0.15) is 0 Å². The maximum Gasteiger partial charge on any atom is 0.293 e. The summed E-state index contributed by atoms with van der Waals surface area (Å²) in [5.41, 5.74) is 28.3. The molecular weight excluding hydrogens is 1810 g/mol. The lowest BCUT2D eigenvalue weighted by Gasteiger charge is -2.11. The number of amidine groups is 4. The number of carbonyl (C=O) groups is 4. The number of hydrogen-bond acceptors (Lipinski definition) is 34. The minimum atomic E-state index is -1.45. The summed E-state index contributed by atoms with van der Waals surface area (Å²) >= 11 is 28.4. The van der Waals surface area contributed by atoms with Crippen LogP contribution in [0.15, 0.2) is 162 Å². The number of halogens is 4. The molecule has 50 heteroatoms. The lowest BCUT2D eigenvalue weighted by molar-refractivity contribution is 0.100. The number of aliphatic hydroxyl groups is 5. The second-order valence-corrected chi connectivity index (χ2v) is 31.7. The van der Waals surface area contributed by atoms with Gasteiger partial charge in [0.25, 0.3) is 45.9 Å². The molecule has 1 aliphatic heterocycles. The first kappa shape index (κ1) is 96.0. The number of hydrogen-bond donors (Lipinski definition) is 21. The van der Waals surface area contributed by atoms with Crippen molar-refractivity contribution in [3.63, 3.8) is 0 Å². The van der Waals surface area contributed by atoms with Crippen LogP contribution < -0.4 is 87.7 Å². The maximum absolute atomic E-state index is 12.5. The van der Waals surface area contributed by atoms with E-state index in [1.165, 1.54) is 49.6 Å². The zero-order valence-electron chi connectivity index (χ0n) is 67.2. The van der Waals surface area contributed by atoms with Gasteiger partial charge in [0.1, 0.15) is 77.0 Å². The number of amides is 4. The summed E-state index contributed by atoms with van der Waals surface area (Å²) in [6.07, 6.45) is 11.6. The van der Waals surface area contributed by atoms with E-state index < -0.39 is 72.0 Å². The molecular formula is C77H80Cl4N28O14S4. The van der Waals surface area contributed by atoms with Gasteiger partial charge in [0.2, 0.25) is 11.6 Å². The van der Waals surface area contributed by atoms with Crippen LogP contribution in [0.3, 0.4) is 0 Å². The number of carbonyl (C=O) groups excluding carboxylic acids is 4. The summed E-state index contributed by atoms with van der Waals surface area (Å²) in [7, 11) is 0. The Morgan fingerprint density at radius 2 is 0.835 bits per heavy atom. The third kappa shape index (κ3) is 26.2. The number of pyridine rings is 4. The SMILES string of the molecule is Cc1cc(Nc2s[nH]c(=O)c2C(N)=NC(C)CO)cnc1C(=O)Nc1ncccc1Cl.Cc1cc(Nc2s[nH]c(=O)c2C(N)=NC(O)CO)cnc1C(=O)Nc1ncccc1Cl.Cc1cccc(Cl)c1NC(=O)c1ncc(Nc2s[nH]c(=O)c2C(N)=NC(O)CO)cn1.Cc1cccc(Cl)c1NC(=O)c1ncc(Nc2s[nH]c(=O)c2C(N)=NCCC2CCCO2)cn1. The number of anilines is 12. The molecule has 2 aromatic carbocycles. The molecule has 0 spiro atoms. The van der Waals surface area contributed by atoms with E-state index in [9.17, 15) is 48.6 Å². The van der Waals surface area contributed by atoms with Crippen molar-refractivity contribution in [1.82, 2.24) is 57.4 Å². The molecule has 0 radical (unpaired) electrons. The number of benzene rings is 2. The van der Waals surface area contributed by atoms with E-state index in [1.807, 2.05) is 26.0 Å². The van der Waals surface area contributed by atoms with Gasteiger partial charge in [0, 0.05) is 25.5 Å². The Labute approximate surface area is 755 Å². The van der Waals surface area contributed by atoms with Crippen LogP contribution in [0.1, 0.15) is 113 Å². The highest BCUT2D eigenvalue weighted by molar-refractivity contribution is 7.11. The average Bonchev–Trinajstić information content (AvgIpc) is 1.39. The molecule has 664 valence electrons. The van der Waals surface area contributed by atoms with Crippen molar-refractivity contribution < 1.29 is 49.4 Å².